The number of nitrogens with one attached hydrogen (secondary N) is 1. The number of ether oxygens (including phenoxy) is 2. The lowest BCUT2D eigenvalue weighted by Crippen LogP contribution is -2.46. The van der Waals surface area contributed by atoms with Crippen molar-refractivity contribution in [3.63, 3.8) is 0 Å². The van der Waals surface area contributed by atoms with E-state index in [9.17, 15) is 22.4 Å². The summed E-state index contributed by atoms with van der Waals surface area (Å²) in [5, 5.41) is 7.86. The summed E-state index contributed by atoms with van der Waals surface area (Å²) in [6.07, 6.45) is -3.38. The molecule has 0 atom stereocenters. The van der Waals surface area contributed by atoms with Gasteiger partial charge in [-0.3, -0.25) is 14.6 Å². The molecule has 256 valence electrons. The van der Waals surface area contributed by atoms with E-state index in [4.69, 9.17) is 20.3 Å². The van der Waals surface area contributed by atoms with Gasteiger partial charge >= 0.3 is 6.18 Å². The first-order valence-corrected chi connectivity index (χ1v) is 15.4. The van der Waals surface area contributed by atoms with Gasteiger partial charge in [-0.15, -0.1) is 0 Å². The summed E-state index contributed by atoms with van der Waals surface area (Å²) in [6.45, 7) is 6.45. The molecule has 1 aliphatic heterocycles. The van der Waals surface area contributed by atoms with Crippen molar-refractivity contribution in [2.75, 3.05) is 64.6 Å². The van der Waals surface area contributed by atoms with Crippen molar-refractivity contribution in [2.24, 2.45) is 0 Å². The van der Waals surface area contributed by atoms with Crippen molar-refractivity contribution in [3.05, 3.63) is 89.5 Å². The minimum Gasteiger partial charge on any atom is -0.495 e. The molecular formula is C34H34F4N8O3. The highest BCUT2D eigenvalue weighted by molar-refractivity contribution is 6.06. The van der Waals surface area contributed by atoms with Crippen LogP contribution in [0.4, 0.5) is 29.1 Å². The Morgan fingerprint density at radius 3 is 2.37 bits per heavy atom. The van der Waals surface area contributed by atoms with E-state index in [1.807, 2.05) is 12.1 Å². The summed E-state index contributed by atoms with van der Waals surface area (Å²) in [7, 11) is 3.10. The predicted octanol–water partition coefficient (Wildman–Crippen LogP) is 5.25. The number of nitrogens with zero attached hydrogens (tertiary/aromatic N) is 6. The molecule has 0 unspecified atom stereocenters. The van der Waals surface area contributed by atoms with Gasteiger partial charge in [0.15, 0.2) is 5.65 Å². The van der Waals surface area contributed by atoms with Gasteiger partial charge < -0.3 is 20.5 Å². The predicted molar refractivity (Wildman–Crippen MR) is 176 cm³/mol. The first kappa shape index (κ1) is 33.8. The normalized spacial score (nSPS) is 14.3. The highest BCUT2D eigenvalue weighted by atomic mass is 19.4. The summed E-state index contributed by atoms with van der Waals surface area (Å²) in [5.41, 5.74) is 8.15. The summed E-state index contributed by atoms with van der Waals surface area (Å²) >= 11 is 0. The van der Waals surface area contributed by atoms with Gasteiger partial charge in [0.05, 0.1) is 41.6 Å². The van der Waals surface area contributed by atoms with E-state index in [1.165, 1.54) is 25.1 Å². The van der Waals surface area contributed by atoms with Gasteiger partial charge in [0.25, 0.3) is 5.91 Å². The fraction of sp³-hybridized carbons (Fsp3) is 0.294. The molecule has 0 bridgehead atoms. The number of alkyl halides is 3. The molecule has 1 fully saturated rings. The van der Waals surface area contributed by atoms with Crippen LogP contribution in [-0.4, -0.2) is 89.0 Å². The van der Waals surface area contributed by atoms with E-state index in [-0.39, 0.29) is 23.3 Å². The molecule has 15 heteroatoms. The van der Waals surface area contributed by atoms with Crippen LogP contribution in [0.1, 0.15) is 21.5 Å². The summed E-state index contributed by atoms with van der Waals surface area (Å²) in [4.78, 5) is 26.3. The van der Waals surface area contributed by atoms with Gasteiger partial charge in [-0.25, -0.2) is 19.0 Å². The third-order valence-electron chi connectivity index (χ3n) is 8.42. The van der Waals surface area contributed by atoms with E-state index in [0.29, 0.717) is 28.4 Å². The molecule has 1 saturated heterocycles. The van der Waals surface area contributed by atoms with Crippen molar-refractivity contribution >= 4 is 28.4 Å². The summed E-state index contributed by atoms with van der Waals surface area (Å²) in [6, 6.07) is 14.5. The minimum atomic E-state index is -4.75. The van der Waals surface area contributed by atoms with Crippen molar-refractivity contribution in [1.29, 1.82) is 0 Å². The zero-order valence-electron chi connectivity index (χ0n) is 26.8. The Bertz CT molecular complexity index is 1960. The lowest BCUT2D eigenvalue weighted by molar-refractivity contribution is -0.137. The molecule has 6 rings (SSSR count). The molecule has 5 aromatic rings. The third-order valence-corrected chi connectivity index (χ3v) is 8.42. The molecule has 11 nitrogen and oxygen atoms in total. The lowest BCUT2D eigenvalue weighted by Gasteiger charge is -2.34. The number of methoxy groups -OCH3 is 2. The molecule has 49 heavy (non-hydrogen) atoms. The number of fused-ring (bicyclic) bond motifs is 1. The Balaban J connectivity index is 1.23. The molecule has 3 aromatic carbocycles. The van der Waals surface area contributed by atoms with Crippen LogP contribution < -0.4 is 15.8 Å². The average molecular weight is 679 g/mol. The second kappa shape index (κ2) is 14.2. The number of carbonyl (C=O) groups is 1. The molecule has 2 aromatic heterocycles. The van der Waals surface area contributed by atoms with Crippen LogP contribution in [0.5, 0.6) is 5.75 Å². The molecule has 0 saturated carbocycles. The van der Waals surface area contributed by atoms with Crippen molar-refractivity contribution in [2.45, 2.75) is 12.7 Å². The topological polar surface area (TPSA) is 124 Å². The molecule has 1 aliphatic rings. The number of anilines is 2. The number of piperazine rings is 1. The number of nitrogen functional groups attached to an aromatic ring is 1. The maximum atomic E-state index is 14.5. The Morgan fingerprint density at radius 1 is 0.959 bits per heavy atom. The monoisotopic (exact) mass is 678 g/mol. The zero-order valence-corrected chi connectivity index (χ0v) is 26.8. The van der Waals surface area contributed by atoms with Crippen LogP contribution in [0, 0.1) is 5.82 Å². The highest BCUT2D eigenvalue weighted by Gasteiger charge is 2.32. The van der Waals surface area contributed by atoms with Gasteiger partial charge in [-0.1, -0.05) is 18.2 Å². The van der Waals surface area contributed by atoms with Crippen LogP contribution in [0.15, 0.2) is 67.0 Å². The first-order chi connectivity index (χ1) is 23.5. The van der Waals surface area contributed by atoms with Crippen LogP contribution in [0.3, 0.4) is 0 Å². The number of hydrogen-bond acceptors (Lipinski definition) is 9. The summed E-state index contributed by atoms with van der Waals surface area (Å²) < 4.78 is 65.7. The standard InChI is InChI=1S/C34H34F4N8O3/c1-48-16-15-44-11-13-45(14-12-44)19-21-3-7-24(8-4-21)46-32-29(31(39)40-20-41-32)30(43-46)22-5-10-27(28(17-22)49-2)42-33(47)25-9-6-23(18-26(25)35)34(36,37)38/h3-10,17-18,20H,11-16,19H2,1-2H3,(H,42,47)(H2,39,40,41). The quantitative estimate of drug-likeness (QED) is 0.191. The molecule has 0 aliphatic carbocycles. The van der Waals surface area contributed by atoms with Gasteiger partial charge in [0.1, 0.15) is 29.4 Å². The molecule has 0 spiro atoms. The number of amides is 1. The number of rotatable bonds is 10. The Hall–Kier alpha value is -5.12. The van der Waals surface area contributed by atoms with Crippen LogP contribution >= 0.6 is 0 Å². The fourth-order valence-corrected chi connectivity index (χ4v) is 5.76. The SMILES string of the molecule is COCCN1CCN(Cc2ccc(-n3nc(-c4ccc(NC(=O)c5ccc(C(F)(F)F)cc5F)c(OC)c4)c4c(N)ncnc43)cc2)CC1. The molecule has 1 amide bonds. The molecule has 3 N–H and O–H groups in total. The van der Waals surface area contributed by atoms with E-state index in [1.54, 1.807) is 23.9 Å². The molecule has 3 heterocycles. The Kier molecular flexibility index (Phi) is 9.76. The summed E-state index contributed by atoms with van der Waals surface area (Å²) in [5.74, 6) is -1.85. The van der Waals surface area contributed by atoms with E-state index in [2.05, 4.69) is 37.2 Å². The van der Waals surface area contributed by atoms with E-state index >= 15 is 0 Å². The maximum Gasteiger partial charge on any atom is 0.416 e. The van der Waals surface area contributed by atoms with Gasteiger partial charge in [0.2, 0.25) is 0 Å². The van der Waals surface area contributed by atoms with Gasteiger partial charge in [0, 0.05) is 51.9 Å². The Labute approximate surface area is 279 Å². The number of nitrogens with two attached hydrogens (primary N) is 1. The number of aromatic nitrogens is 4. The highest BCUT2D eigenvalue weighted by Crippen LogP contribution is 2.36. The number of benzene rings is 3. The van der Waals surface area contributed by atoms with E-state index in [0.717, 1.165) is 57.6 Å². The van der Waals surface area contributed by atoms with Crippen LogP contribution in [0.25, 0.3) is 28.0 Å². The van der Waals surface area contributed by atoms with Crippen LogP contribution in [0.2, 0.25) is 0 Å². The fourth-order valence-electron chi connectivity index (χ4n) is 5.76. The lowest BCUT2D eigenvalue weighted by atomic mass is 10.1. The average Bonchev–Trinajstić information content (AvgIpc) is 3.49. The number of halogens is 4. The molecular weight excluding hydrogens is 644 g/mol. The minimum absolute atomic E-state index is 0.162. The second-order valence-corrected chi connectivity index (χ2v) is 11.6. The maximum absolute atomic E-state index is 14.5. The molecule has 0 radical (unpaired) electrons. The van der Waals surface area contributed by atoms with E-state index < -0.39 is 29.0 Å². The van der Waals surface area contributed by atoms with Gasteiger partial charge in [-0.2, -0.15) is 18.3 Å². The first-order valence-electron chi connectivity index (χ1n) is 15.4. The number of hydrogen-bond donors (Lipinski definition) is 2. The van der Waals surface area contributed by atoms with Gasteiger partial charge in [-0.05, 0) is 48.0 Å². The Morgan fingerprint density at radius 2 is 1.69 bits per heavy atom. The van der Waals surface area contributed by atoms with Crippen molar-refractivity contribution < 1.29 is 31.8 Å². The smallest absolute Gasteiger partial charge is 0.416 e. The van der Waals surface area contributed by atoms with Crippen LogP contribution in [-0.2, 0) is 17.5 Å². The zero-order chi connectivity index (χ0) is 34.7. The second-order valence-electron chi connectivity index (χ2n) is 11.6. The largest absolute Gasteiger partial charge is 0.495 e. The van der Waals surface area contributed by atoms with Crippen molar-refractivity contribution in [1.82, 2.24) is 29.5 Å². The third kappa shape index (κ3) is 7.33. The number of carbonyl (C=O) groups excluding carboxylic acids is 1. The van der Waals surface area contributed by atoms with Crippen molar-refractivity contribution in [3.8, 4) is 22.7 Å².